The molecule has 0 saturated heterocycles. The predicted molar refractivity (Wildman–Crippen MR) is 66.0 cm³/mol. The standard InChI is InChI=1S/C14H14O4/c1-18-12-9-11(7-8-14(12,16)17)13(15)10-5-3-2-4-6-10/h2-9,12,16-17H,1H3. The molecule has 2 rings (SSSR count). The smallest absolute Gasteiger partial charge is 0.214 e. The summed E-state index contributed by atoms with van der Waals surface area (Å²) in [7, 11) is 1.35. The maximum Gasteiger partial charge on any atom is 0.214 e. The Morgan fingerprint density at radius 3 is 2.56 bits per heavy atom. The molecule has 0 heterocycles. The minimum atomic E-state index is -2.07. The van der Waals surface area contributed by atoms with E-state index in [4.69, 9.17) is 4.74 Å². The number of hydrogen-bond donors (Lipinski definition) is 2. The van der Waals surface area contributed by atoms with E-state index in [1.165, 1.54) is 19.3 Å². The number of carbonyl (C=O) groups is 1. The van der Waals surface area contributed by atoms with Gasteiger partial charge in [-0.15, -0.1) is 0 Å². The highest BCUT2D eigenvalue weighted by molar-refractivity contribution is 6.10. The van der Waals surface area contributed by atoms with Crippen LogP contribution in [0.1, 0.15) is 10.4 Å². The maximum absolute atomic E-state index is 12.1. The van der Waals surface area contributed by atoms with Crippen LogP contribution in [-0.2, 0) is 4.74 Å². The Hall–Kier alpha value is -1.75. The van der Waals surface area contributed by atoms with Gasteiger partial charge < -0.3 is 14.9 Å². The Kier molecular flexibility index (Phi) is 3.43. The number of allylic oxidation sites excluding steroid dienone is 2. The van der Waals surface area contributed by atoms with Crippen molar-refractivity contribution in [3.8, 4) is 0 Å². The van der Waals surface area contributed by atoms with E-state index in [-0.39, 0.29) is 5.78 Å². The van der Waals surface area contributed by atoms with Crippen molar-refractivity contribution >= 4 is 5.78 Å². The van der Waals surface area contributed by atoms with Crippen LogP contribution in [0.15, 0.2) is 54.1 Å². The molecule has 0 aromatic heterocycles. The van der Waals surface area contributed by atoms with Gasteiger partial charge in [0, 0.05) is 18.2 Å². The summed E-state index contributed by atoms with van der Waals surface area (Å²) in [6.45, 7) is 0. The molecule has 1 aliphatic carbocycles. The maximum atomic E-state index is 12.1. The highest BCUT2D eigenvalue weighted by Gasteiger charge is 2.34. The van der Waals surface area contributed by atoms with E-state index in [0.29, 0.717) is 11.1 Å². The first-order valence-corrected chi connectivity index (χ1v) is 5.53. The third-order valence-electron chi connectivity index (χ3n) is 2.81. The molecule has 0 saturated carbocycles. The first-order valence-electron chi connectivity index (χ1n) is 5.53. The zero-order valence-corrected chi connectivity index (χ0v) is 9.91. The van der Waals surface area contributed by atoms with Gasteiger partial charge in [-0.2, -0.15) is 0 Å². The molecule has 1 aromatic rings. The number of methoxy groups -OCH3 is 1. The summed E-state index contributed by atoms with van der Waals surface area (Å²) in [5, 5.41) is 19.2. The van der Waals surface area contributed by atoms with Crippen molar-refractivity contribution in [2.24, 2.45) is 0 Å². The van der Waals surface area contributed by atoms with Crippen LogP contribution < -0.4 is 0 Å². The summed E-state index contributed by atoms with van der Waals surface area (Å²) < 4.78 is 4.94. The molecule has 4 nitrogen and oxygen atoms in total. The van der Waals surface area contributed by atoms with Crippen molar-refractivity contribution < 1.29 is 19.7 Å². The molecule has 1 atom stereocenters. The number of aliphatic hydroxyl groups is 2. The first-order chi connectivity index (χ1) is 8.54. The van der Waals surface area contributed by atoms with Crippen LogP contribution in [0.3, 0.4) is 0 Å². The third-order valence-corrected chi connectivity index (χ3v) is 2.81. The molecule has 4 heteroatoms. The Labute approximate surface area is 105 Å². The summed E-state index contributed by atoms with van der Waals surface area (Å²) in [6, 6.07) is 8.79. The number of Topliss-reactive ketones (excluding diaryl/α,β-unsaturated/α-hetero) is 1. The minimum Gasteiger partial charge on any atom is -0.371 e. The van der Waals surface area contributed by atoms with E-state index in [1.807, 2.05) is 6.07 Å². The van der Waals surface area contributed by atoms with Gasteiger partial charge in [0.15, 0.2) is 5.78 Å². The highest BCUT2D eigenvalue weighted by atomic mass is 16.6. The molecule has 18 heavy (non-hydrogen) atoms. The predicted octanol–water partition coefficient (Wildman–Crippen LogP) is 1.06. The van der Waals surface area contributed by atoms with Gasteiger partial charge in [0.25, 0.3) is 0 Å². The van der Waals surface area contributed by atoms with Crippen molar-refractivity contribution in [1.29, 1.82) is 0 Å². The van der Waals surface area contributed by atoms with Gasteiger partial charge in [-0.3, -0.25) is 4.79 Å². The summed E-state index contributed by atoms with van der Waals surface area (Å²) in [5.41, 5.74) is 0.929. The third kappa shape index (κ3) is 2.41. The molecule has 1 unspecified atom stereocenters. The van der Waals surface area contributed by atoms with Crippen LogP contribution in [-0.4, -0.2) is 35.0 Å². The highest BCUT2D eigenvalue weighted by Crippen LogP contribution is 2.23. The zero-order chi connectivity index (χ0) is 13.2. The fourth-order valence-electron chi connectivity index (χ4n) is 1.80. The molecule has 94 valence electrons. The van der Waals surface area contributed by atoms with Crippen LogP contribution in [0.5, 0.6) is 0 Å². The fourth-order valence-corrected chi connectivity index (χ4v) is 1.80. The molecule has 0 spiro atoms. The number of hydrogen-bond acceptors (Lipinski definition) is 4. The molecule has 0 aliphatic heterocycles. The van der Waals surface area contributed by atoms with Crippen molar-refractivity contribution in [2.75, 3.05) is 7.11 Å². The quantitative estimate of drug-likeness (QED) is 0.618. The monoisotopic (exact) mass is 246 g/mol. The molecule has 0 bridgehead atoms. The van der Waals surface area contributed by atoms with Gasteiger partial charge >= 0.3 is 0 Å². The summed E-state index contributed by atoms with van der Waals surface area (Å²) >= 11 is 0. The lowest BCUT2D eigenvalue weighted by atomic mass is 9.94. The van der Waals surface area contributed by atoms with Gasteiger partial charge in [-0.05, 0) is 18.2 Å². The average molecular weight is 246 g/mol. The topological polar surface area (TPSA) is 66.8 Å². The van der Waals surface area contributed by atoms with Gasteiger partial charge in [0.05, 0.1) is 0 Å². The SMILES string of the molecule is COC1C=C(C(=O)c2ccccc2)C=CC1(O)O. The zero-order valence-electron chi connectivity index (χ0n) is 9.91. The first kappa shape index (κ1) is 12.7. The van der Waals surface area contributed by atoms with Gasteiger partial charge in [-0.25, -0.2) is 0 Å². The van der Waals surface area contributed by atoms with Crippen LogP contribution in [0.25, 0.3) is 0 Å². The van der Waals surface area contributed by atoms with Crippen molar-refractivity contribution in [1.82, 2.24) is 0 Å². The molecule has 0 radical (unpaired) electrons. The number of rotatable bonds is 3. The lowest BCUT2D eigenvalue weighted by Crippen LogP contribution is -2.42. The molecule has 1 aromatic carbocycles. The Bertz CT molecular complexity index is 500. The van der Waals surface area contributed by atoms with Crippen molar-refractivity contribution in [3.63, 3.8) is 0 Å². The molecule has 0 fully saturated rings. The van der Waals surface area contributed by atoms with Gasteiger partial charge in [0.2, 0.25) is 5.79 Å². The van der Waals surface area contributed by atoms with Crippen LogP contribution in [0, 0.1) is 0 Å². The molecular formula is C14H14O4. The molecule has 1 aliphatic rings. The second-order valence-electron chi connectivity index (χ2n) is 4.09. The largest absolute Gasteiger partial charge is 0.371 e. The molecule has 2 N–H and O–H groups in total. The van der Waals surface area contributed by atoms with E-state index in [2.05, 4.69) is 0 Å². The van der Waals surface area contributed by atoms with Crippen molar-refractivity contribution in [3.05, 3.63) is 59.7 Å². The Morgan fingerprint density at radius 2 is 1.94 bits per heavy atom. The number of ketones is 1. The van der Waals surface area contributed by atoms with E-state index in [1.54, 1.807) is 24.3 Å². The number of carbonyl (C=O) groups excluding carboxylic acids is 1. The van der Waals surface area contributed by atoms with E-state index < -0.39 is 11.9 Å². The number of benzene rings is 1. The van der Waals surface area contributed by atoms with Crippen LogP contribution >= 0.6 is 0 Å². The van der Waals surface area contributed by atoms with Gasteiger partial charge in [-0.1, -0.05) is 30.3 Å². The Balaban J connectivity index is 2.28. The van der Waals surface area contributed by atoms with Crippen molar-refractivity contribution in [2.45, 2.75) is 11.9 Å². The lowest BCUT2D eigenvalue weighted by molar-refractivity contribution is -0.182. The number of ether oxygens (including phenoxy) is 1. The van der Waals surface area contributed by atoms with E-state index >= 15 is 0 Å². The summed E-state index contributed by atoms with van der Waals surface area (Å²) in [4.78, 5) is 12.1. The Morgan fingerprint density at radius 1 is 1.28 bits per heavy atom. The second kappa shape index (κ2) is 4.86. The fraction of sp³-hybridized carbons (Fsp3) is 0.214. The molecule has 0 amide bonds. The van der Waals surface area contributed by atoms with Crippen LogP contribution in [0.4, 0.5) is 0 Å². The second-order valence-corrected chi connectivity index (χ2v) is 4.09. The normalized spacial score (nSPS) is 21.5. The molecular weight excluding hydrogens is 232 g/mol. The van der Waals surface area contributed by atoms with Gasteiger partial charge in [0.1, 0.15) is 6.10 Å². The van der Waals surface area contributed by atoms with E-state index in [0.717, 1.165) is 6.08 Å². The average Bonchev–Trinajstić information content (AvgIpc) is 2.39. The summed E-state index contributed by atoms with van der Waals surface area (Å²) in [5.74, 6) is -2.25. The summed E-state index contributed by atoms with van der Waals surface area (Å²) in [6.07, 6.45) is 3.00. The van der Waals surface area contributed by atoms with Crippen LogP contribution in [0.2, 0.25) is 0 Å². The van der Waals surface area contributed by atoms with E-state index in [9.17, 15) is 15.0 Å². The lowest BCUT2D eigenvalue weighted by Gasteiger charge is -2.28. The minimum absolute atomic E-state index is 0.176.